The Morgan fingerprint density at radius 3 is 2.31 bits per heavy atom. The monoisotopic (exact) mass is 391 g/mol. The summed E-state index contributed by atoms with van der Waals surface area (Å²) in [5.74, 6) is -0.793. The summed E-state index contributed by atoms with van der Waals surface area (Å²) in [4.78, 5) is 25.2. The number of carboxylic acid groups (broad SMARTS) is 1. The van der Waals surface area contributed by atoms with Gasteiger partial charge in [0.15, 0.2) is 0 Å². The van der Waals surface area contributed by atoms with Crippen LogP contribution in [0.4, 0.5) is 10.5 Å². The summed E-state index contributed by atoms with van der Waals surface area (Å²) in [6.07, 6.45) is 1.79. The Balaban J connectivity index is 1.70. The topological polar surface area (TPSA) is 66.8 Å². The Kier molecular flexibility index (Phi) is 7.22. The molecule has 5 nitrogen and oxygen atoms in total. The fraction of sp³-hybridized carbons (Fsp3) is 0.250. The number of unbranched alkanes of at least 4 members (excludes halogenated alkanes) is 2. The molecule has 3 aromatic rings. The molecule has 5 heteroatoms. The molecule has 0 aliphatic carbocycles. The summed E-state index contributed by atoms with van der Waals surface area (Å²) in [5, 5.41) is 10.9. The highest BCUT2D eigenvalue weighted by molar-refractivity contribution is 5.92. The van der Waals surface area contributed by atoms with Crippen LogP contribution in [0.1, 0.15) is 31.2 Å². The molecule has 0 aliphatic rings. The van der Waals surface area contributed by atoms with Crippen LogP contribution in [-0.4, -0.2) is 23.7 Å². The number of benzene rings is 3. The molecular formula is C24H25NO4. The number of amides is 1. The van der Waals surface area contributed by atoms with Crippen LogP contribution in [0.3, 0.4) is 0 Å². The van der Waals surface area contributed by atoms with Gasteiger partial charge in [0.1, 0.15) is 6.61 Å². The first-order chi connectivity index (χ1) is 14.1. The minimum Gasteiger partial charge on any atom is -0.481 e. The van der Waals surface area contributed by atoms with Crippen molar-refractivity contribution in [1.29, 1.82) is 0 Å². The molecule has 29 heavy (non-hydrogen) atoms. The molecule has 0 saturated carbocycles. The van der Waals surface area contributed by atoms with Crippen molar-refractivity contribution in [2.45, 2.75) is 32.3 Å². The third kappa shape index (κ3) is 6.07. The molecule has 0 aliphatic heterocycles. The van der Waals surface area contributed by atoms with Crippen LogP contribution >= 0.6 is 0 Å². The molecule has 0 fully saturated rings. The van der Waals surface area contributed by atoms with E-state index in [0.717, 1.165) is 28.4 Å². The lowest BCUT2D eigenvalue weighted by Crippen LogP contribution is -2.32. The summed E-state index contributed by atoms with van der Waals surface area (Å²) in [7, 11) is 0. The second-order valence-corrected chi connectivity index (χ2v) is 6.93. The fourth-order valence-corrected chi connectivity index (χ4v) is 3.19. The zero-order valence-corrected chi connectivity index (χ0v) is 16.3. The van der Waals surface area contributed by atoms with Gasteiger partial charge in [-0.15, -0.1) is 0 Å². The molecule has 0 radical (unpaired) electrons. The van der Waals surface area contributed by atoms with Gasteiger partial charge in [-0.05, 0) is 41.3 Å². The summed E-state index contributed by atoms with van der Waals surface area (Å²) in [5.41, 5.74) is 1.71. The number of nitrogens with zero attached hydrogens (tertiary/aromatic N) is 1. The fourth-order valence-electron chi connectivity index (χ4n) is 3.19. The molecule has 3 aromatic carbocycles. The number of hydrogen-bond acceptors (Lipinski definition) is 3. The van der Waals surface area contributed by atoms with Gasteiger partial charge in [-0.1, -0.05) is 67.1 Å². The van der Waals surface area contributed by atoms with Crippen molar-refractivity contribution in [2.24, 2.45) is 0 Å². The van der Waals surface area contributed by atoms with Gasteiger partial charge in [0, 0.05) is 18.7 Å². The number of anilines is 1. The third-order valence-electron chi connectivity index (χ3n) is 4.74. The van der Waals surface area contributed by atoms with E-state index in [4.69, 9.17) is 9.84 Å². The lowest BCUT2D eigenvalue weighted by Gasteiger charge is -2.23. The van der Waals surface area contributed by atoms with Crippen LogP contribution in [0.2, 0.25) is 0 Å². The minimum absolute atomic E-state index is 0.147. The Labute approximate surface area is 170 Å². The van der Waals surface area contributed by atoms with Crippen molar-refractivity contribution < 1.29 is 19.4 Å². The number of carbonyl (C=O) groups is 2. The molecule has 0 heterocycles. The Morgan fingerprint density at radius 1 is 0.828 bits per heavy atom. The molecule has 0 unspecified atom stereocenters. The highest BCUT2D eigenvalue weighted by Crippen LogP contribution is 2.23. The SMILES string of the molecule is O=C(O)CCCCCN(C(=O)OCc1ccccc1)c1ccc2ccccc2c1. The first-order valence-corrected chi connectivity index (χ1v) is 9.82. The van der Waals surface area contributed by atoms with Gasteiger partial charge in [0.2, 0.25) is 0 Å². The van der Waals surface area contributed by atoms with E-state index in [2.05, 4.69) is 0 Å². The third-order valence-corrected chi connectivity index (χ3v) is 4.74. The predicted molar refractivity (Wildman–Crippen MR) is 114 cm³/mol. The standard InChI is InChI=1S/C24H25NO4/c26-23(27)13-5-2-8-16-25(24(28)29-18-19-9-3-1-4-10-19)22-15-14-20-11-6-7-12-21(20)17-22/h1,3-4,6-7,9-12,14-15,17H,2,5,8,13,16,18H2,(H,26,27). The normalized spacial score (nSPS) is 10.6. The zero-order valence-electron chi connectivity index (χ0n) is 16.3. The van der Waals surface area contributed by atoms with Crippen LogP contribution in [0.15, 0.2) is 72.8 Å². The Morgan fingerprint density at radius 2 is 1.55 bits per heavy atom. The van der Waals surface area contributed by atoms with Crippen LogP contribution in [-0.2, 0) is 16.1 Å². The van der Waals surface area contributed by atoms with E-state index in [1.807, 2.05) is 72.8 Å². The highest BCUT2D eigenvalue weighted by atomic mass is 16.6. The van der Waals surface area contributed by atoms with E-state index >= 15 is 0 Å². The molecule has 0 aromatic heterocycles. The second kappa shape index (κ2) is 10.3. The van der Waals surface area contributed by atoms with E-state index in [9.17, 15) is 9.59 Å². The number of carbonyl (C=O) groups excluding carboxylic acids is 1. The predicted octanol–water partition coefficient (Wildman–Crippen LogP) is 5.63. The second-order valence-electron chi connectivity index (χ2n) is 6.93. The maximum Gasteiger partial charge on any atom is 0.414 e. The number of fused-ring (bicyclic) bond motifs is 1. The quantitative estimate of drug-likeness (QED) is 0.480. The van der Waals surface area contributed by atoms with Gasteiger partial charge in [0.25, 0.3) is 0 Å². The molecule has 1 amide bonds. The van der Waals surface area contributed by atoms with E-state index < -0.39 is 12.1 Å². The zero-order chi connectivity index (χ0) is 20.5. The van der Waals surface area contributed by atoms with Crippen LogP contribution in [0, 0.1) is 0 Å². The van der Waals surface area contributed by atoms with Crippen molar-refractivity contribution in [2.75, 3.05) is 11.4 Å². The maximum atomic E-state index is 12.8. The number of aliphatic carboxylic acids is 1. The first kappa shape index (κ1) is 20.4. The number of carboxylic acids is 1. The lowest BCUT2D eigenvalue weighted by atomic mass is 10.1. The van der Waals surface area contributed by atoms with Crippen molar-refractivity contribution in [3.05, 3.63) is 78.4 Å². The van der Waals surface area contributed by atoms with Crippen LogP contribution < -0.4 is 4.90 Å². The number of hydrogen-bond donors (Lipinski definition) is 1. The van der Waals surface area contributed by atoms with E-state index in [1.165, 1.54) is 0 Å². The summed E-state index contributed by atoms with van der Waals surface area (Å²) < 4.78 is 5.54. The Bertz CT molecular complexity index is 955. The average molecular weight is 391 g/mol. The van der Waals surface area contributed by atoms with Crippen LogP contribution in [0.25, 0.3) is 10.8 Å². The smallest absolute Gasteiger partial charge is 0.414 e. The first-order valence-electron chi connectivity index (χ1n) is 9.82. The van der Waals surface area contributed by atoms with Gasteiger partial charge in [-0.25, -0.2) is 4.79 Å². The summed E-state index contributed by atoms with van der Waals surface area (Å²) in [6.45, 7) is 0.689. The molecule has 0 atom stereocenters. The van der Waals surface area contributed by atoms with Gasteiger partial charge in [0.05, 0.1) is 0 Å². The van der Waals surface area contributed by atoms with Crippen molar-refractivity contribution in [3.8, 4) is 0 Å². The highest BCUT2D eigenvalue weighted by Gasteiger charge is 2.17. The molecule has 0 bridgehead atoms. The molecular weight excluding hydrogens is 366 g/mol. The lowest BCUT2D eigenvalue weighted by molar-refractivity contribution is -0.137. The van der Waals surface area contributed by atoms with E-state index in [0.29, 0.717) is 19.4 Å². The minimum atomic E-state index is -0.793. The summed E-state index contributed by atoms with van der Waals surface area (Å²) in [6, 6.07) is 23.5. The van der Waals surface area contributed by atoms with Gasteiger partial charge in [-0.2, -0.15) is 0 Å². The van der Waals surface area contributed by atoms with Crippen LogP contribution in [0.5, 0.6) is 0 Å². The molecule has 0 saturated heterocycles. The molecule has 3 rings (SSSR count). The summed E-state index contributed by atoms with van der Waals surface area (Å²) >= 11 is 0. The number of ether oxygens (including phenoxy) is 1. The molecule has 150 valence electrons. The average Bonchev–Trinajstić information content (AvgIpc) is 2.75. The largest absolute Gasteiger partial charge is 0.481 e. The van der Waals surface area contributed by atoms with Crippen molar-refractivity contribution in [3.63, 3.8) is 0 Å². The van der Waals surface area contributed by atoms with Crippen molar-refractivity contribution >= 4 is 28.5 Å². The Hall–Kier alpha value is -3.34. The van der Waals surface area contributed by atoms with E-state index in [1.54, 1.807) is 4.90 Å². The maximum absolute atomic E-state index is 12.8. The number of rotatable bonds is 9. The van der Waals surface area contributed by atoms with Crippen molar-refractivity contribution in [1.82, 2.24) is 0 Å². The van der Waals surface area contributed by atoms with Gasteiger partial charge in [-0.3, -0.25) is 9.69 Å². The van der Waals surface area contributed by atoms with Gasteiger partial charge >= 0.3 is 12.1 Å². The van der Waals surface area contributed by atoms with Gasteiger partial charge < -0.3 is 9.84 Å². The molecule has 0 spiro atoms. The molecule has 1 N–H and O–H groups in total. The van der Waals surface area contributed by atoms with E-state index in [-0.39, 0.29) is 13.0 Å².